The van der Waals surface area contributed by atoms with Gasteiger partial charge in [-0.05, 0) is 0 Å². The highest BCUT2D eigenvalue weighted by atomic mass is 19.2. The number of rotatable bonds is 5. The number of oxime groups is 1. The summed E-state index contributed by atoms with van der Waals surface area (Å²) < 4.78 is 64.4. The van der Waals surface area contributed by atoms with Gasteiger partial charge in [0.1, 0.15) is 6.61 Å². The second kappa shape index (κ2) is 6.12. The van der Waals surface area contributed by atoms with E-state index in [-0.39, 0.29) is 0 Å². The van der Waals surface area contributed by atoms with E-state index in [1.807, 2.05) is 0 Å². The van der Waals surface area contributed by atoms with Gasteiger partial charge in [-0.1, -0.05) is 5.16 Å². The molecule has 0 heterocycles. The Kier molecular flexibility index (Phi) is 4.79. The van der Waals surface area contributed by atoms with E-state index in [0.717, 1.165) is 6.21 Å². The van der Waals surface area contributed by atoms with Crippen molar-refractivity contribution >= 4 is 12.2 Å². The minimum atomic E-state index is -2.27. The van der Waals surface area contributed by atoms with Crippen molar-refractivity contribution in [1.82, 2.24) is 0 Å². The summed E-state index contributed by atoms with van der Waals surface area (Å²) in [6.07, 6.45) is 0.242. The van der Waals surface area contributed by atoms with Gasteiger partial charge < -0.3 is 9.94 Å². The van der Waals surface area contributed by atoms with Gasteiger partial charge >= 0.3 is 5.97 Å². The molecule has 0 amide bonds. The quantitative estimate of drug-likeness (QED) is 0.297. The van der Waals surface area contributed by atoms with E-state index in [9.17, 15) is 26.7 Å². The molecule has 0 aliphatic carbocycles. The van der Waals surface area contributed by atoms with Crippen LogP contribution in [0.1, 0.15) is 12.0 Å². The summed E-state index contributed by atoms with van der Waals surface area (Å²) in [4.78, 5) is 14.3. The Labute approximate surface area is 103 Å². The zero-order valence-corrected chi connectivity index (χ0v) is 9.09. The number of carbonyl (C=O) groups is 1. The summed E-state index contributed by atoms with van der Waals surface area (Å²) in [7, 11) is 0. The van der Waals surface area contributed by atoms with Crippen LogP contribution in [0, 0.1) is 29.1 Å². The van der Waals surface area contributed by atoms with Gasteiger partial charge in [-0.3, -0.25) is 4.79 Å². The highest BCUT2D eigenvalue weighted by Crippen LogP contribution is 2.23. The van der Waals surface area contributed by atoms with Crippen LogP contribution in [-0.2, 0) is 16.2 Å². The van der Waals surface area contributed by atoms with Crippen LogP contribution in [0.4, 0.5) is 22.0 Å². The molecule has 104 valence electrons. The van der Waals surface area contributed by atoms with Crippen molar-refractivity contribution in [2.75, 3.05) is 0 Å². The first kappa shape index (κ1) is 14.9. The predicted octanol–water partition coefficient (Wildman–Crippen LogP) is 2.36. The second-order valence-electron chi connectivity index (χ2n) is 3.21. The number of carboxylic acids is 1. The minimum absolute atomic E-state index is 0.517. The fourth-order valence-corrected chi connectivity index (χ4v) is 1.05. The average molecular weight is 283 g/mol. The zero-order chi connectivity index (χ0) is 14.6. The molecule has 4 nitrogen and oxygen atoms in total. The van der Waals surface area contributed by atoms with Crippen molar-refractivity contribution in [3.63, 3.8) is 0 Å². The molecular formula is C10H6F5NO3. The van der Waals surface area contributed by atoms with Crippen LogP contribution in [-0.4, -0.2) is 17.3 Å². The van der Waals surface area contributed by atoms with Crippen LogP contribution < -0.4 is 0 Å². The van der Waals surface area contributed by atoms with Crippen LogP contribution in [0.5, 0.6) is 0 Å². The van der Waals surface area contributed by atoms with Gasteiger partial charge in [-0.15, -0.1) is 0 Å². The molecule has 1 N–H and O–H groups in total. The topological polar surface area (TPSA) is 58.9 Å². The highest BCUT2D eigenvalue weighted by molar-refractivity contribution is 5.84. The first-order valence-corrected chi connectivity index (χ1v) is 4.72. The molecule has 19 heavy (non-hydrogen) atoms. The highest BCUT2D eigenvalue weighted by Gasteiger charge is 2.25. The van der Waals surface area contributed by atoms with Crippen molar-refractivity contribution in [2.24, 2.45) is 5.16 Å². The number of hydrogen-bond donors (Lipinski definition) is 1. The molecule has 0 aliphatic heterocycles. The smallest absolute Gasteiger partial charge is 0.308 e. The van der Waals surface area contributed by atoms with Gasteiger partial charge in [0, 0.05) is 0 Å². The molecule has 0 aromatic heterocycles. The summed E-state index contributed by atoms with van der Waals surface area (Å²) in [5, 5.41) is 11.2. The van der Waals surface area contributed by atoms with Gasteiger partial charge in [0.05, 0.1) is 18.2 Å². The monoisotopic (exact) mass is 283 g/mol. The molecule has 0 unspecified atom stereocenters. The summed E-state index contributed by atoms with van der Waals surface area (Å²) >= 11 is 0. The van der Waals surface area contributed by atoms with Gasteiger partial charge in [-0.2, -0.15) is 0 Å². The molecule has 0 atom stereocenters. The lowest BCUT2D eigenvalue weighted by molar-refractivity contribution is -0.135. The summed E-state index contributed by atoms with van der Waals surface area (Å²) in [6, 6.07) is 0. The van der Waals surface area contributed by atoms with Crippen molar-refractivity contribution in [3.05, 3.63) is 34.6 Å². The standard InChI is InChI=1S/C10H6F5NO3/c11-6-4(3-19-16-2-1-5(17)18)7(12)9(14)10(15)8(6)13/h2H,1,3H2,(H,17,18)/b16-2+. The molecular weight excluding hydrogens is 277 g/mol. The first-order valence-electron chi connectivity index (χ1n) is 4.72. The average Bonchev–Trinajstić information content (AvgIpc) is 2.37. The minimum Gasteiger partial charge on any atom is -0.481 e. The predicted molar refractivity (Wildman–Crippen MR) is 51.8 cm³/mol. The van der Waals surface area contributed by atoms with Gasteiger partial charge in [-0.25, -0.2) is 22.0 Å². The summed E-state index contributed by atoms with van der Waals surface area (Å²) in [5.74, 6) is -11.7. The normalized spacial score (nSPS) is 11.0. The number of hydrogen-bond acceptors (Lipinski definition) is 3. The molecule has 1 aromatic rings. The van der Waals surface area contributed by atoms with E-state index in [2.05, 4.69) is 9.99 Å². The third-order valence-electron chi connectivity index (χ3n) is 1.92. The Balaban J connectivity index is 2.85. The number of carboxylic acid groups (broad SMARTS) is 1. The van der Waals surface area contributed by atoms with Crippen LogP contribution in [0.3, 0.4) is 0 Å². The molecule has 1 rings (SSSR count). The fraction of sp³-hybridized carbons (Fsp3) is 0.200. The second-order valence-corrected chi connectivity index (χ2v) is 3.21. The Morgan fingerprint density at radius 2 is 1.53 bits per heavy atom. The molecule has 0 bridgehead atoms. The van der Waals surface area contributed by atoms with E-state index in [4.69, 9.17) is 5.11 Å². The Bertz CT molecular complexity index is 503. The van der Waals surface area contributed by atoms with Crippen LogP contribution in [0.2, 0.25) is 0 Å². The maximum atomic E-state index is 13.1. The lowest BCUT2D eigenvalue weighted by atomic mass is 10.2. The summed E-state index contributed by atoms with van der Waals surface area (Å²) in [5.41, 5.74) is -1.19. The molecule has 9 heteroatoms. The van der Waals surface area contributed by atoms with Crippen LogP contribution >= 0.6 is 0 Å². The van der Waals surface area contributed by atoms with E-state index in [0.29, 0.717) is 0 Å². The van der Waals surface area contributed by atoms with E-state index in [1.165, 1.54) is 0 Å². The van der Waals surface area contributed by atoms with Crippen molar-refractivity contribution in [3.8, 4) is 0 Å². The Hall–Kier alpha value is -2.19. The summed E-state index contributed by atoms with van der Waals surface area (Å²) in [6.45, 7) is -1.03. The molecule has 0 radical (unpaired) electrons. The molecule has 0 saturated heterocycles. The van der Waals surface area contributed by atoms with Crippen molar-refractivity contribution < 1.29 is 36.7 Å². The lowest BCUT2D eigenvalue weighted by Gasteiger charge is -2.06. The molecule has 1 aromatic carbocycles. The fourth-order valence-electron chi connectivity index (χ4n) is 1.05. The van der Waals surface area contributed by atoms with E-state index < -0.39 is 53.6 Å². The molecule has 0 spiro atoms. The lowest BCUT2D eigenvalue weighted by Crippen LogP contribution is -2.07. The van der Waals surface area contributed by atoms with Crippen molar-refractivity contribution in [2.45, 2.75) is 13.0 Å². The number of benzene rings is 1. The van der Waals surface area contributed by atoms with E-state index in [1.54, 1.807) is 0 Å². The number of nitrogens with zero attached hydrogens (tertiary/aromatic N) is 1. The maximum Gasteiger partial charge on any atom is 0.308 e. The van der Waals surface area contributed by atoms with Gasteiger partial charge in [0.25, 0.3) is 0 Å². The molecule has 0 saturated carbocycles. The van der Waals surface area contributed by atoms with Crippen LogP contribution in [0.15, 0.2) is 5.16 Å². The number of halogens is 5. The Morgan fingerprint density at radius 1 is 1.05 bits per heavy atom. The SMILES string of the molecule is O=C(O)C/C=N/OCc1c(F)c(F)c(F)c(F)c1F. The molecule has 0 fully saturated rings. The number of aliphatic carboxylic acids is 1. The van der Waals surface area contributed by atoms with Gasteiger partial charge in [0.2, 0.25) is 5.82 Å². The third kappa shape index (κ3) is 3.39. The third-order valence-corrected chi connectivity index (χ3v) is 1.92. The first-order chi connectivity index (χ1) is 8.86. The molecule has 0 aliphatic rings. The van der Waals surface area contributed by atoms with Gasteiger partial charge in [0.15, 0.2) is 23.3 Å². The maximum absolute atomic E-state index is 13.1. The van der Waals surface area contributed by atoms with Crippen LogP contribution in [0.25, 0.3) is 0 Å². The largest absolute Gasteiger partial charge is 0.481 e. The van der Waals surface area contributed by atoms with Crippen molar-refractivity contribution in [1.29, 1.82) is 0 Å². The zero-order valence-electron chi connectivity index (χ0n) is 9.09. The van der Waals surface area contributed by atoms with E-state index >= 15 is 0 Å². The Morgan fingerprint density at radius 3 is 2.00 bits per heavy atom.